The van der Waals surface area contributed by atoms with Crippen LogP contribution in [0, 0.1) is 23.7 Å². The van der Waals surface area contributed by atoms with E-state index >= 15 is 0 Å². The van der Waals surface area contributed by atoms with Gasteiger partial charge in [-0.2, -0.15) is 0 Å². The minimum atomic E-state index is 0.632. The van der Waals surface area contributed by atoms with Crippen molar-refractivity contribution in [2.75, 3.05) is 0 Å². The molecule has 3 heterocycles. The standard InChI is InChI=1S/C20H30O3.F2/c1-3-15-17(21-15)7-11(1)5-13-9-19-20(23-19)10-14(13)6-12-2-4-16-18(8-12)22-16;1-2/h11-20H,1-10H2;. The van der Waals surface area contributed by atoms with Gasteiger partial charge in [0.25, 0.3) is 0 Å². The summed E-state index contributed by atoms with van der Waals surface area (Å²) < 4.78 is 33.4. The molecular formula is C20H30F2O3. The van der Waals surface area contributed by atoms with Gasteiger partial charge < -0.3 is 14.2 Å². The van der Waals surface area contributed by atoms with Crippen molar-refractivity contribution in [1.29, 1.82) is 0 Å². The number of epoxide rings is 3. The van der Waals surface area contributed by atoms with Crippen molar-refractivity contribution in [2.24, 2.45) is 23.7 Å². The average Bonchev–Trinajstić information content (AvgIpc) is 3.50. The molecule has 10 unspecified atom stereocenters. The number of halogens is 2. The predicted octanol–water partition coefficient (Wildman–Crippen LogP) is 4.54. The summed E-state index contributed by atoms with van der Waals surface area (Å²) in [5.41, 5.74) is 0. The van der Waals surface area contributed by atoms with E-state index in [4.69, 9.17) is 23.4 Å². The summed E-state index contributed by atoms with van der Waals surface area (Å²) in [5.74, 6) is 3.72. The Labute approximate surface area is 148 Å². The highest BCUT2D eigenvalue weighted by Crippen LogP contribution is 2.51. The molecule has 6 aliphatic rings. The van der Waals surface area contributed by atoms with Gasteiger partial charge in [-0.15, -0.1) is 0 Å². The lowest BCUT2D eigenvalue weighted by molar-refractivity contribution is 0.108. The minimum Gasteiger partial charge on any atom is -0.370 e. The molecule has 0 radical (unpaired) electrons. The number of hydrogen-bond donors (Lipinski definition) is 0. The second kappa shape index (κ2) is 6.72. The van der Waals surface area contributed by atoms with Crippen LogP contribution in [0.1, 0.15) is 64.2 Å². The van der Waals surface area contributed by atoms with Gasteiger partial charge in [-0.25, -0.2) is 0 Å². The average molecular weight is 356 g/mol. The Hall–Kier alpha value is -0.260. The van der Waals surface area contributed by atoms with E-state index in [0.717, 1.165) is 23.7 Å². The summed E-state index contributed by atoms with van der Waals surface area (Å²) in [4.78, 5) is 0. The Bertz CT molecular complexity index is 448. The molecule has 0 aromatic carbocycles. The van der Waals surface area contributed by atoms with Gasteiger partial charge in [-0.3, -0.25) is 0 Å². The first-order valence-corrected chi connectivity index (χ1v) is 10.4. The molecule has 3 saturated heterocycles. The van der Waals surface area contributed by atoms with Gasteiger partial charge in [-0.05, 0) is 87.9 Å². The molecule has 0 spiro atoms. The fourth-order valence-electron chi connectivity index (χ4n) is 6.41. The lowest BCUT2D eigenvalue weighted by Crippen LogP contribution is -2.30. The fourth-order valence-corrected chi connectivity index (χ4v) is 6.41. The van der Waals surface area contributed by atoms with E-state index in [2.05, 4.69) is 0 Å². The molecule has 0 bridgehead atoms. The Morgan fingerprint density at radius 1 is 0.520 bits per heavy atom. The van der Waals surface area contributed by atoms with Crippen LogP contribution in [0.2, 0.25) is 0 Å². The molecule has 3 aliphatic heterocycles. The van der Waals surface area contributed by atoms with E-state index in [1.807, 2.05) is 0 Å². The number of fused-ring (bicyclic) bond motifs is 3. The van der Waals surface area contributed by atoms with Crippen LogP contribution in [0.3, 0.4) is 0 Å². The maximum Gasteiger partial charge on any atom is 0.0844 e. The summed E-state index contributed by atoms with van der Waals surface area (Å²) in [6.07, 6.45) is 17.7. The molecule has 0 aromatic rings. The predicted molar refractivity (Wildman–Crippen MR) is 88.3 cm³/mol. The first-order chi connectivity index (χ1) is 12.3. The van der Waals surface area contributed by atoms with E-state index in [1.165, 1.54) is 64.2 Å². The summed E-state index contributed by atoms with van der Waals surface area (Å²) in [7, 11) is 0. The zero-order valence-electron chi connectivity index (χ0n) is 14.8. The summed E-state index contributed by atoms with van der Waals surface area (Å²) in [6, 6.07) is 0. The second-order valence-corrected chi connectivity index (χ2v) is 9.46. The highest BCUT2D eigenvalue weighted by molar-refractivity contribution is 5.00. The molecule has 3 nitrogen and oxygen atoms in total. The van der Waals surface area contributed by atoms with Crippen molar-refractivity contribution in [2.45, 2.75) is 101 Å². The Morgan fingerprint density at radius 3 is 1.36 bits per heavy atom. The van der Waals surface area contributed by atoms with Crippen LogP contribution >= 0.6 is 0 Å². The largest absolute Gasteiger partial charge is 0.370 e. The first-order valence-electron chi connectivity index (χ1n) is 10.4. The van der Waals surface area contributed by atoms with Crippen molar-refractivity contribution < 1.29 is 23.4 Å². The topological polar surface area (TPSA) is 37.6 Å². The molecule has 0 amide bonds. The van der Waals surface area contributed by atoms with Crippen LogP contribution in [-0.2, 0) is 14.2 Å². The molecule has 3 saturated carbocycles. The highest BCUT2D eigenvalue weighted by atomic mass is 20.0. The van der Waals surface area contributed by atoms with E-state index in [-0.39, 0.29) is 0 Å². The molecule has 25 heavy (non-hydrogen) atoms. The summed E-state index contributed by atoms with van der Waals surface area (Å²) in [6.45, 7) is 0. The summed E-state index contributed by atoms with van der Waals surface area (Å²) >= 11 is 0. The zero-order valence-corrected chi connectivity index (χ0v) is 14.8. The minimum absolute atomic E-state index is 0.632. The maximum atomic E-state index is 8.00. The van der Waals surface area contributed by atoms with Crippen LogP contribution in [-0.4, -0.2) is 36.6 Å². The Morgan fingerprint density at radius 2 is 0.920 bits per heavy atom. The molecule has 0 aromatic heterocycles. The van der Waals surface area contributed by atoms with Crippen LogP contribution in [0.4, 0.5) is 9.15 Å². The van der Waals surface area contributed by atoms with Crippen LogP contribution < -0.4 is 0 Å². The van der Waals surface area contributed by atoms with E-state index in [9.17, 15) is 0 Å². The third kappa shape index (κ3) is 3.61. The molecule has 6 fully saturated rings. The maximum absolute atomic E-state index is 8.00. The normalized spacial score (nSPS) is 55.0. The van der Waals surface area contributed by atoms with Gasteiger partial charge in [0, 0.05) is 9.15 Å². The third-order valence-electron chi connectivity index (χ3n) is 7.92. The monoisotopic (exact) mass is 356 g/mol. The van der Waals surface area contributed by atoms with Crippen LogP contribution in [0.15, 0.2) is 0 Å². The van der Waals surface area contributed by atoms with Crippen molar-refractivity contribution >= 4 is 0 Å². The van der Waals surface area contributed by atoms with Gasteiger partial charge in [-0.1, -0.05) is 0 Å². The molecular weight excluding hydrogens is 326 g/mol. The number of ether oxygens (including phenoxy) is 3. The zero-order chi connectivity index (χ0) is 17.0. The van der Waals surface area contributed by atoms with Crippen molar-refractivity contribution in [3.8, 4) is 0 Å². The van der Waals surface area contributed by atoms with Crippen molar-refractivity contribution in [3.05, 3.63) is 0 Å². The molecule has 5 heteroatoms. The number of hydrogen-bond acceptors (Lipinski definition) is 3. The van der Waals surface area contributed by atoms with Gasteiger partial charge in [0.05, 0.1) is 36.6 Å². The lowest BCUT2D eigenvalue weighted by atomic mass is 9.68. The van der Waals surface area contributed by atoms with E-state index < -0.39 is 0 Å². The summed E-state index contributed by atoms with van der Waals surface area (Å²) in [5, 5.41) is 0. The molecule has 10 atom stereocenters. The fraction of sp³-hybridized carbons (Fsp3) is 1.00. The highest BCUT2D eigenvalue weighted by Gasteiger charge is 2.51. The number of rotatable bonds is 4. The molecule has 3 aliphatic carbocycles. The van der Waals surface area contributed by atoms with Gasteiger partial charge in [0.15, 0.2) is 0 Å². The van der Waals surface area contributed by atoms with E-state index in [0.29, 0.717) is 36.6 Å². The van der Waals surface area contributed by atoms with Crippen LogP contribution in [0.5, 0.6) is 0 Å². The molecule has 6 rings (SSSR count). The van der Waals surface area contributed by atoms with Crippen LogP contribution in [0.25, 0.3) is 0 Å². The second-order valence-electron chi connectivity index (χ2n) is 9.46. The van der Waals surface area contributed by atoms with Crippen molar-refractivity contribution in [1.82, 2.24) is 0 Å². The quantitative estimate of drug-likeness (QED) is 0.694. The van der Waals surface area contributed by atoms with E-state index in [1.54, 1.807) is 0 Å². The smallest absolute Gasteiger partial charge is 0.0844 e. The molecule has 0 N–H and O–H groups in total. The Kier molecular flexibility index (Phi) is 4.54. The van der Waals surface area contributed by atoms with Crippen molar-refractivity contribution in [3.63, 3.8) is 0 Å². The van der Waals surface area contributed by atoms with Gasteiger partial charge >= 0.3 is 0 Å². The Balaban J connectivity index is 0.000000679. The molecule has 142 valence electrons. The first kappa shape index (κ1) is 16.9. The lowest BCUT2D eigenvalue weighted by Gasteiger charge is -2.35. The van der Waals surface area contributed by atoms with Gasteiger partial charge in [0.1, 0.15) is 0 Å². The SMILES string of the molecule is C1CC2OC2CC1CC1CC2OC2CC1CC1CCC2OC2C1.FF. The third-order valence-corrected chi connectivity index (χ3v) is 7.92. The van der Waals surface area contributed by atoms with Gasteiger partial charge in [0.2, 0.25) is 0 Å².